The number of nitrogens with zero attached hydrogens (tertiary/aromatic N) is 1. The summed E-state index contributed by atoms with van der Waals surface area (Å²) >= 11 is 3.69. The molecule has 1 aliphatic carbocycles. The van der Waals surface area contributed by atoms with Crippen LogP contribution in [0.5, 0.6) is 0 Å². The third-order valence-electron chi connectivity index (χ3n) is 4.37. The van der Waals surface area contributed by atoms with E-state index in [1.54, 1.807) is 0 Å². The van der Waals surface area contributed by atoms with Crippen LogP contribution >= 0.6 is 23.3 Å². The summed E-state index contributed by atoms with van der Waals surface area (Å²) < 4.78 is 3.76. The van der Waals surface area contributed by atoms with Gasteiger partial charge in [-0.15, -0.1) is 11.3 Å². The van der Waals surface area contributed by atoms with Gasteiger partial charge in [-0.3, -0.25) is 0 Å². The summed E-state index contributed by atoms with van der Waals surface area (Å²) in [5.41, 5.74) is 0.470. The molecule has 1 fully saturated rings. The lowest BCUT2D eigenvalue weighted by molar-refractivity contribution is 0.138. The second kappa shape index (κ2) is 7.11. The molecule has 1 atom stereocenters. The lowest BCUT2D eigenvalue weighted by atomic mass is 9.70. The molecule has 2 rings (SSSR count). The van der Waals surface area contributed by atoms with E-state index < -0.39 is 0 Å². The lowest BCUT2D eigenvalue weighted by Crippen LogP contribution is -2.48. The zero-order chi connectivity index (χ0) is 13.7. The fourth-order valence-electron chi connectivity index (χ4n) is 3.13. The molecule has 1 aromatic rings. The summed E-state index contributed by atoms with van der Waals surface area (Å²) in [7, 11) is 4.33. The van der Waals surface area contributed by atoms with Crippen molar-refractivity contribution in [3.05, 3.63) is 17.5 Å². The van der Waals surface area contributed by atoms with E-state index in [-0.39, 0.29) is 0 Å². The van der Waals surface area contributed by atoms with Crippen molar-refractivity contribution in [3.8, 4) is 0 Å². The molecule has 0 bridgehead atoms. The van der Waals surface area contributed by atoms with Gasteiger partial charge in [0.25, 0.3) is 0 Å². The van der Waals surface area contributed by atoms with Crippen LogP contribution in [0.15, 0.2) is 21.7 Å². The zero-order valence-electron chi connectivity index (χ0n) is 12.3. The van der Waals surface area contributed by atoms with Crippen LogP contribution in [-0.2, 0) is 0 Å². The molecule has 0 spiro atoms. The Hall–Kier alpha value is -0.0300. The summed E-state index contributed by atoms with van der Waals surface area (Å²) in [6.45, 7) is 3.58. The van der Waals surface area contributed by atoms with E-state index in [1.165, 1.54) is 36.3 Å². The van der Waals surface area contributed by atoms with Crippen molar-refractivity contribution in [1.82, 2.24) is 9.62 Å². The molecule has 1 N–H and O–H groups in total. The highest BCUT2D eigenvalue weighted by molar-refractivity contribution is 7.98. The Labute approximate surface area is 126 Å². The zero-order valence-corrected chi connectivity index (χ0v) is 13.9. The maximum absolute atomic E-state index is 3.57. The normalized spacial score (nSPS) is 20.6. The average molecular weight is 299 g/mol. The predicted octanol–water partition coefficient (Wildman–Crippen LogP) is 4.25. The molecule has 0 saturated heterocycles. The van der Waals surface area contributed by atoms with E-state index >= 15 is 0 Å². The maximum atomic E-state index is 3.57. The van der Waals surface area contributed by atoms with Gasteiger partial charge in [-0.1, -0.05) is 32.3 Å². The Kier molecular flexibility index (Phi) is 5.75. The van der Waals surface area contributed by atoms with Crippen molar-refractivity contribution >= 4 is 23.3 Å². The Morgan fingerprint density at radius 2 is 2.16 bits per heavy atom. The van der Waals surface area contributed by atoms with Crippen molar-refractivity contribution < 1.29 is 0 Å². The van der Waals surface area contributed by atoms with Crippen LogP contribution < -0.4 is 5.32 Å². The van der Waals surface area contributed by atoms with Gasteiger partial charge in [-0.25, -0.2) is 4.31 Å². The van der Waals surface area contributed by atoms with Gasteiger partial charge in [0.1, 0.15) is 0 Å². The molecule has 0 aliphatic heterocycles. The van der Waals surface area contributed by atoms with Crippen LogP contribution in [0, 0.1) is 5.41 Å². The summed E-state index contributed by atoms with van der Waals surface area (Å²) in [5, 5.41) is 5.72. The van der Waals surface area contributed by atoms with Crippen molar-refractivity contribution in [1.29, 1.82) is 0 Å². The molecular formula is C15H26N2S2. The molecule has 2 nitrogen and oxygen atoms in total. The molecule has 1 unspecified atom stereocenters. The average Bonchev–Trinajstić information content (AvgIpc) is 2.89. The fraction of sp³-hybridized carbons (Fsp3) is 0.733. The topological polar surface area (TPSA) is 15.3 Å². The van der Waals surface area contributed by atoms with E-state index in [0.29, 0.717) is 11.5 Å². The second-order valence-electron chi connectivity index (χ2n) is 5.89. The predicted molar refractivity (Wildman–Crippen MR) is 86.8 cm³/mol. The first-order valence-corrected chi connectivity index (χ1v) is 8.89. The minimum Gasteiger partial charge on any atom is -0.315 e. The minimum atomic E-state index is 0.470. The smallest absolute Gasteiger partial charge is 0.0753 e. The van der Waals surface area contributed by atoms with Gasteiger partial charge >= 0.3 is 0 Å². The Morgan fingerprint density at radius 3 is 2.74 bits per heavy atom. The highest BCUT2D eigenvalue weighted by Crippen LogP contribution is 2.39. The van der Waals surface area contributed by atoms with Gasteiger partial charge < -0.3 is 5.32 Å². The van der Waals surface area contributed by atoms with E-state index in [0.717, 1.165) is 6.54 Å². The number of thiophene rings is 1. The van der Waals surface area contributed by atoms with E-state index in [4.69, 9.17) is 0 Å². The monoisotopic (exact) mass is 298 g/mol. The quantitative estimate of drug-likeness (QED) is 0.791. The van der Waals surface area contributed by atoms with Crippen molar-refractivity contribution in [2.45, 2.75) is 49.3 Å². The van der Waals surface area contributed by atoms with Crippen LogP contribution in [0.2, 0.25) is 0 Å². The van der Waals surface area contributed by atoms with Crippen LogP contribution in [-0.4, -0.2) is 31.0 Å². The first-order chi connectivity index (χ1) is 9.14. The lowest BCUT2D eigenvalue weighted by Gasteiger charge is -2.42. The van der Waals surface area contributed by atoms with Gasteiger partial charge in [-0.05, 0) is 55.7 Å². The maximum Gasteiger partial charge on any atom is 0.0753 e. The molecular weight excluding hydrogens is 272 g/mol. The van der Waals surface area contributed by atoms with Crippen molar-refractivity contribution in [3.63, 3.8) is 0 Å². The second-order valence-corrected chi connectivity index (χ2v) is 8.34. The third kappa shape index (κ3) is 4.22. The Morgan fingerprint density at radius 1 is 1.42 bits per heavy atom. The first-order valence-electron chi connectivity index (χ1n) is 7.24. The number of nitrogens with one attached hydrogen (secondary N) is 1. The highest BCUT2D eigenvalue weighted by Gasteiger charge is 2.35. The number of likely N-dealkylation sites (N-methyl/N-ethyl adjacent to an activating group) is 2. The molecule has 1 heterocycles. The van der Waals surface area contributed by atoms with Gasteiger partial charge in [0.2, 0.25) is 0 Å². The molecule has 0 aromatic carbocycles. The molecule has 1 saturated carbocycles. The van der Waals surface area contributed by atoms with Crippen molar-refractivity contribution in [2.75, 3.05) is 20.6 Å². The van der Waals surface area contributed by atoms with Crippen molar-refractivity contribution in [2.24, 2.45) is 5.41 Å². The van der Waals surface area contributed by atoms with Gasteiger partial charge in [0, 0.05) is 12.6 Å². The molecule has 19 heavy (non-hydrogen) atoms. The van der Waals surface area contributed by atoms with Gasteiger partial charge in [0.15, 0.2) is 0 Å². The molecule has 108 valence electrons. The summed E-state index contributed by atoms with van der Waals surface area (Å²) in [4.78, 5) is 0. The third-order valence-corrected chi connectivity index (χ3v) is 6.32. The van der Waals surface area contributed by atoms with Crippen LogP contribution in [0.4, 0.5) is 0 Å². The largest absolute Gasteiger partial charge is 0.315 e. The highest BCUT2D eigenvalue weighted by atomic mass is 32.2. The van der Waals surface area contributed by atoms with E-state index in [9.17, 15) is 0 Å². The van der Waals surface area contributed by atoms with Crippen LogP contribution in [0.1, 0.15) is 39.0 Å². The number of hydrogen-bond donors (Lipinski definition) is 1. The number of hydrogen-bond acceptors (Lipinski definition) is 4. The van der Waals surface area contributed by atoms with E-state index in [2.05, 4.69) is 48.2 Å². The standard InChI is InChI=1S/C15H26N2S2/c1-15(9-5-4-6-10-15)13(16-2)12-17(3)19-14-8-7-11-18-14/h7-8,11,13,16H,4-6,9-10,12H2,1-3H3. The summed E-state index contributed by atoms with van der Waals surface area (Å²) in [6.07, 6.45) is 6.96. The molecule has 1 aromatic heterocycles. The Balaban J connectivity index is 1.90. The minimum absolute atomic E-state index is 0.470. The summed E-state index contributed by atoms with van der Waals surface area (Å²) in [6, 6.07) is 4.91. The summed E-state index contributed by atoms with van der Waals surface area (Å²) in [5.74, 6) is 0. The molecule has 4 heteroatoms. The molecule has 0 amide bonds. The molecule has 1 aliphatic rings. The van der Waals surface area contributed by atoms with Gasteiger partial charge in [0.05, 0.1) is 4.21 Å². The SMILES string of the molecule is CNC(CN(C)Sc1cccs1)C1(C)CCCCC1. The van der Waals surface area contributed by atoms with Gasteiger partial charge in [-0.2, -0.15) is 0 Å². The molecule has 0 radical (unpaired) electrons. The first kappa shape index (κ1) is 15.4. The van der Waals surface area contributed by atoms with E-state index in [1.807, 2.05) is 23.3 Å². The van der Waals surface area contributed by atoms with Crippen LogP contribution in [0.3, 0.4) is 0 Å². The Bertz CT molecular complexity index is 358. The fourth-order valence-corrected chi connectivity index (χ4v) is 4.97. The van der Waals surface area contributed by atoms with Crippen LogP contribution in [0.25, 0.3) is 0 Å². The number of rotatable bonds is 6.